The SMILES string of the molecule is CCCC(C)N(C)c1ccc(N)c(OCC2CC2)n1. The molecule has 1 aliphatic rings. The minimum Gasteiger partial charge on any atom is -0.476 e. The standard InChI is InChI=1S/C15H25N3O/c1-4-5-11(2)18(3)14-9-8-13(16)15(17-14)19-10-12-6-7-12/h8-9,11-12H,4-7,10,16H2,1-3H3. The second-order valence-electron chi connectivity index (χ2n) is 5.57. The third-order valence-corrected chi connectivity index (χ3v) is 3.76. The maximum Gasteiger partial charge on any atom is 0.239 e. The summed E-state index contributed by atoms with van der Waals surface area (Å²) in [5.41, 5.74) is 6.55. The summed E-state index contributed by atoms with van der Waals surface area (Å²) in [7, 11) is 2.07. The van der Waals surface area contributed by atoms with Crippen LogP contribution in [0.1, 0.15) is 39.5 Å². The van der Waals surface area contributed by atoms with Crippen LogP contribution in [-0.2, 0) is 0 Å². The molecular weight excluding hydrogens is 238 g/mol. The first-order valence-electron chi connectivity index (χ1n) is 7.24. The van der Waals surface area contributed by atoms with Gasteiger partial charge >= 0.3 is 0 Å². The number of ether oxygens (including phenoxy) is 1. The molecule has 2 rings (SSSR count). The van der Waals surface area contributed by atoms with Gasteiger partial charge in [0.05, 0.1) is 12.3 Å². The summed E-state index contributed by atoms with van der Waals surface area (Å²) < 4.78 is 5.73. The van der Waals surface area contributed by atoms with E-state index in [0.717, 1.165) is 18.8 Å². The van der Waals surface area contributed by atoms with E-state index in [9.17, 15) is 0 Å². The largest absolute Gasteiger partial charge is 0.476 e. The molecule has 1 saturated carbocycles. The Morgan fingerprint density at radius 2 is 2.21 bits per heavy atom. The molecule has 0 aromatic carbocycles. The van der Waals surface area contributed by atoms with Crippen molar-refractivity contribution in [1.82, 2.24) is 4.98 Å². The predicted octanol–water partition coefficient (Wildman–Crippen LogP) is 3.08. The fourth-order valence-electron chi connectivity index (χ4n) is 2.07. The van der Waals surface area contributed by atoms with Gasteiger partial charge < -0.3 is 15.4 Å². The first kappa shape index (κ1) is 14.0. The number of anilines is 2. The fourth-order valence-corrected chi connectivity index (χ4v) is 2.07. The van der Waals surface area contributed by atoms with Gasteiger partial charge in [0, 0.05) is 13.1 Å². The van der Waals surface area contributed by atoms with Crippen LogP contribution in [-0.4, -0.2) is 24.7 Å². The number of nitrogens with two attached hydrogens (primary N) is 1. The van der Waals surface area contributed by atoms with Gasteiger partial charge in [0.1, 0.15) is 5.82 Å². The Morgan fingerprint density at radius 1 is 1.47 bits per heavy atom. The lowest BCUT2D eigenvalue weighted by molar-refractivity contribution is 0.290. The zero-order chi connectivity index (χ0) is 13.8. The van der Waals surface area contributed by atoms with E-state index in [2.05, 4.69) is 30.8 Å². The summed E-state index contributed by atoms with van der Waals surface area (Å²) in [5.74, 6) is 2.22. The molecule has 19 heavy (non-hydrogen) atoms. The maximum atomic E-state index is 5.92. The van der Waals surface area contributed by atoms with E-state index >= 15 is 0 Å². The quantitative estimate of drug-likeness (QED) is 0.821. The van der Waals surface area contributed by atoms with E-state index in [1.807, 2.05) is 12.1 Å². The van der Waals surface area contributed by atoms with Gasteiger partial charge in [0.15, 0.2) is 0 Å². The molecule has 4 heteroatoms. The van der Waals surface area contributed by atoms with Crippen LogP contribution in [0.5, 0.6) is 5.88 Å². The first-order chi connectivity index (χ1) is 9.11. The minimum absolute atomic E-state index is 0.470. The smallest absolute Gasteiger partial charge is 0.239 e. The fraction of sp³-hybridized carbons (Fsp3) is 0.667. The molecule has 0 bridgehead atoms. The number of pyridine rings is 1. The average molecular weight is 263 g/mol. The summed E-state index contributed by atoms with van der Waals surface area (Å²) >= 11 is 0. The highest BCUT2D eigenvalue weighted by Gasteiger charge is 2.23. The molecule has 1 aromatic rings. The Hall–Kier alpha value is -1.45. The predicted molar refractivity (Wildman–Crippen MR) is 79.6 cm³/mol. The Labute approximate surface area is 116 Å². The van der Waals surface area contributed by atoms with E-state index in [0.29, 0.717) is 23.5 Å². The van der Waals surface area contributed by atoms with Crippen LogP contribution >= 0.6 is 0 Å². The molecule has 0 saturated heterocycles. The summed E-state index contributed by atoms with van der Waals surface area (Å²) in [4.78, 5) is 6.74. The summed E-state index contributed by atoms with van der Waals surface area (Å²) in [6, 6.07) is 4.32. The molecular formula is C15H25N3O. The van der Waals surface area contributed by atoms with Gasteiger partial charge in [-0.1, -0.05) is 13.3 Å². The molecule has 106 valence electrons. The van der Waals surface area contributed by atoms with Gasteiger partial charge in [-0.25, -0.2) is 0 Å². The zero-order valence-corrected chi connectivity index (χ0v) is 12.2. The van der Waals surface area contributed by atoms with E-state index in [1.165, 1.54) is 19.3 Å². The van der Waals surface area contributed by atoms with Crippen molar-refractivity contribution in [2.75, 3.05) is 24.3 Å². The van der Waals surface area contributed by atoms with E-state index < -0.39 is 0 Å². The average Bonchev–Trinajstić information content (AvgIpc) is 3.21. The molecule has 0 amide bonds. The normalized spacial score (nSPS) is 16.2. The van der Waals surface area contributed by atoms with Gasteiger partial charge in [-0.15, -0.1) is 0 Å². The van der Waals surface area contributed by atoms with Gasteiger partial charge in [-0.3, -0.25) is 0 Å². The third-order valence-electron chi connectivity index (χ3n) is 3.76. The van der Waals surface area contributed by atoms with Crippen LogP contribution in [0.3, 0.4) is 0 Å². The first-order valence-corrected chi connectivity index (χ1v) is 7.24. The van der Waals surface area contributed by atoms with Crippen LogP contribution in [0.25, 0.3) is 0 Å². The molecule has 0 radical (unpaired) electrons. The maximum absolute atomic E-state index is 5.92. The topological polar surface area (TPSA) is 51.4 Å². The second kappa shape index (κ2) is 6.13. The van der Waals surface area contributed by atoms with Crippen molar-refractivity contribution in [2.24, 2.45) is 5.92 Å². The lowest BCUT2D eigenvalue weighted by Gasteiger charge is -2.26. The van der Waals surface area contributed by atoms with Gasteiger partial charge in [0.2, 0.25) is 5.88 Å². The molecule has 0 aliphatic heterocycles. The molecule has 1 fully saturated rings. The molecule has 0 spiro atoms. The number of hydrogen-bond donors (Lipinski definition) is 1. The highest BCUT2D eigenvalue weighted by atomic mass is 16.5. The van der Waals surface area contributed by atoms with Crippen molar-refractivity contribution in [3.05, 3.63) is 12.1 Å². The minimum atomic E-state index is 0.470. The van der Waals surface area contributed by atoms with E-state index in [4.69, 9.17) is 10.5 Å². The van der Waals surface area contributed by atoms with Crippen molar-refractivity contribution in [3.63, 3.8) is 0 Å². The number of rotatable bonds is 7. The zero-order valence-electron chi connectivity index (χ0n) is 12.2. The molecule has 1 atom stereocenters. The molecule has 1 aliphatic carbocycles. The highest BCUT2D eigenvalue weighted by Crippen LogP contribution is 2.31. The molecule has 1 heterocycles. The third kappa shape index (κ3) is 3.75. The van der Waals surface area contributed by atoms with Crippen molar-refractivity contribution in [2.45, 2.75) is 45.6 Å². The van der Waals surface area contributed by atoms with Crippen molar-refractivity contribution in [3.8, 4) is 5.88 Å². The lowest BCUT2D eigenvalue weighted by Crippen LogP contribution is -2.29. The monoisotopic (exact) mass is 263 g/mol. The van der Waals surface area contributed by atoms with Crippen LogP contribution in [0.4, 0.5) is 11.5 Å². The van der Waals surface area contributed by atoms with Crippen molar-refractivity contribution >= 4 is 11.5 Å². The van der Waals surface area contributed by atoms with Crippen molar-refractivity contribution in [1.29, 1.82) is 0 Å². The molecule has 4 nitrogen and oxygen atoms in total. The van der Waals surface area contributed by atoms with E-state index in [-0.39, 0.29) is 0 Å². The van der Waals surface area contributed by atoms with Crippen LogP contribution in [0.2, 0.25) is 0 Å². The van der Waals surface area contributed by atoms with Gasteiger partial charge in [-0.2, -0.15) is 4.98 Å². The van der Waals surface area contributed by atoms with Crippen molar-refractivity contribution < 1.29 is 4.74 Å². The highest BCUT2D eigenvalue weighted by molar-refractivity contribution is 5.54. The number of hydrogen-bond acceptors (Lipinski definition) is 4. The Kier molecular flexibility index (Phi) is 4.51. The molecule has 1 aromatic heterocycles. The summed E-state index contributed by atoms with van der Waals surface area (Å²) in [6.45, 7) is 5.16. The molecule has 2 N–H and O–H groups in total. The van der Waals surface area contributed by atoms with Crippen LogP contribution in [0, 0.1) is 5.92 Å². The Balaban J connectivity index is 2.05. The number of nitrogen functional groups attached to an aromatic ring is 1. The number of aromatic nitrogens is 1. The van der Waals surface area contributed by atoms with Gasteiger partial charge in [0.25, 0.3) is 0 Å². The second-order valence-corrected chi connectivity index (χ2v) is 5.57. The summed E-state index contributed by atoms with van der Waals surface area (Å²) in [6.07, 6.45) is 4.87. The summed E-state index contributed by atoms with van der Waals surface area (Å²) in [5, 5.41) is 0. The Morgan fingerprint density at radius 3 is 2.84 bits per heavy atom. The van der Waals surface area contributed by atoms with Crippen LogP contribution < -0.4 is 15.4 Å². The van der Waals surface area contributed by atoms with Gasteiger partial charge in [-0.05, 0) is 44.2 Å². The lowest BCUT2D eigenvalue weighted by atomic mass is 10.2. The Bertz CT molecular complexity index is 418. The number of nitrogens with zero attached hydrogens (tertiary/aromatic N) is 2. The molecule has 1 unspecified atom stereocenters. The van der Waals surface area contributed by atoms with E-state index in [1.54, 1.807) is 0 Å². The van der Waals surface area contributed by atoms with Crippen LogP contribution in [0.15, 0.2) is 12.1 Å².